The molecule has 1 rings (SSSR count). The van der Waals surface area contributed by atoms with Gasteiger partial charge in [-0.15, -0.1) is 0 Å². The van der Waals surface area contributed by atoms with E-state index in [1.807, 2.05) is 13.8 Å². The third-order valence-electron chi connectivity index (χ3n) is 4.96. The Kier molecular flexibility index (Phi) is 11.6. The van der Waals surface area contributed by atoms with Crippen LogP contribution >= 0.6 is 12.2 Å². The topological polar surface area (TPSA) is 134 Å². The first kappa shape index (κ1) is 24.5. The van der Waals surface area contributed by atoms with Gasteiger partial charge < -0.3 is 40.9 Å². The quantitative estimate of drug-likeness (QED) is 0.250. The van der Waals surface area contributed by atoms with Gasteiger partial charge in [-0.25, -0.2) is 0 Å². The number of hydrogen-bond acceptors (Lipinski definition) is 7. The van der Waals surface area contributed by atoms with Crippen LogP contribution in [-0.2, 0) is 4.74 Å². The SMILES string of the molecule is CCNC(=S)NC(COC1CCCCC(O)C(O)C1O)C(O)CC(O)CC. The van der Waals surface area contributed by atoms with Gasteiger partial charge in [0.1, 0.15) is 12.2 Å². The zero-order chi connectivity index (χ0) is 20.4. The highest BCUT2D eigenvalue weighted by Crippen LogP contribution is 2.22. The highest BCUT2D eigenvalue weighted by Gasteiger charge is 2.34. The third kappa shape index (κ3) is 8.55. The summed E-state index contributed by atoms with van der Waals surface area (Å²) in [6.07, 6.45) is -2.48. The molecule has 0 aromatic carbocycles. The van der Waals surface area contributed by atoms with E-state index in [1.54, 1.807) is 0 Å². The Balaban J connectivity index is 2.72. The molecule has 7 unspecified atom stereocenters. The molecule has 0 aliphatic heterocycles. The van der Waals surface area contributed by atoms with Crippen LogP contribution in [0.15, 0.2) is 0 Å². The smallest absolute Gasteiger partial charge is 0.166 e. The van der Waals surface area contributed by atoms with E-state index in [9.17, 15) is 25.5 Å². The van der Waals surface area contributed by atoms with E-state index in [0.717, 1.165) is 12.8 Å². The second kappa shape index (κ2) is 12.8. The fourth-order valence-corrected chi connectivity index (χ4v) is 3.43. The fourth-order valence-electron chi connectivity index (χ4n) is 3.14. The van der Waals surface area contributed by atoms with Crippen LogP contribution < -0.4 is 10.6 Å². The molecular weight excluding hydrogens is 372 g/mol. The highest BCUT2D eigenvalue weighted by molar-refractivity contribution is 7.80. The molecule has 1 saturated carbocycles. The zero-order valence-corrected chi connectivity index (χ0v) is 17.1. The number of nitrogens with one attached hydrogen (secondary N) is 2. The van der Waals surface area contributed by atoms with Crippen molar-refractivity contribution in [1.29, 1.82) is 0 Å². The molecule has 7 N–H and O–H groups in total. The van der Waals surface area contributed by atoms with Gasteiger partial charge in [0.2, 0.25) is 0 Å². The van der Waals surface area contributed by atoms with Crippen molar-refractivity contribution in [3.63, 3.8) is 0 Å². The van der Waals surface area contributed by atoms with Crippen LogP contribution in [0.5, 0.6) is 0 Å². The summed E-state index contributed by atoms with van der Waals surface area (Å²) >= 11 is 5.18. The summed E-state index contributed by atoms with van der Waals surface area (Å²) in [7, 11) is 0. The molecule has 8 nitrogen and oxygen atoms in total. The van der Waals surface area contributed by atoms with E-state index >= 15 is 0 Å². The van der Waals surface area contributed by atoms with Crippen LogP contribution in [0.3, 0.4) is 0 Å². The van der Waals surface area contributed by atoms with E-state index in [0.29, 0.717) is 30.9 Å². The minimum Gasteiger partial charge on any atom is -0.393 e. The molecule has 7 atom stereocenters. The average molecular weight is 409 g/mol. The molecule has 1 aliphatic rings. The molecular formula is C18H36N2O6S. The Morgan fingerprint density at radius 2 is 1.78 bits per heavy atom. The van der Waals surface area contributed by atoms with Crippen molar-refractivity contribution in [2.45, 2.75) is 95.0 Å². The summed E-state index contributed by atoms with van der Waals surface area (Å²) in [6.45, 7) is 4.39. The molecule has 0 aromatic rings. The van der Waals surface area contributed by atoms with Gasteiger partial charge >= 0.3 is 0 Å². The van der Waals surface area contributed by atoms with Gasteiger partial charge in [-0.05, 0) is 38.4 Å². The number of aliphatic hydroxyl groups excluding tert-OH is 5. The molecule has 1 fully saturated rings. The molecule has 0 aromatic heterocycles. The van der Waals surface area contributed by atoms with Crippen LogP contribution in [0.1, 0.15) is 52.4 Å². The molecule has 27 heavy (non-hydrogen) atoms. The van der Waals surface area contributed by atoms with Crippen molar-refractivity contribution in [2.75, 3.05) is 13.2 Å². The summed E-state index contributed by atoms with van der Waals surface area (Å²) in [4.78, 5) is 0. The minimum absolute atomic E-state index is 0.0354. The van der Waals surface area contributed by atoms with Crippen LogP contribution in [0.4, 0.5) is 0 Å². The van der Waals surface area contributed by atoms with Gasteiger partial charge in [0, 0.05) is 13.0 Å². The van der Waals surface area contributed by atoms with E-state index in [4.69, 9.17) is 17.0 Å². The van der Waals surface area contributed by atoms with E-state index < -0.39 is 42.7 Å². The van der Waals surface area contributed by atoms with Gasteiger partial charge in [-0.1, -0.05) is 19.8 Å². The van der Waals surface area contributed by atoms with Crippen LogP contribution in [0, 0.1) is 0 Å². The molecule has 0 heterocycles. The van der Waals surface area contributed by atoms with Gasteiger partial charge in [-0.3, -0.25) is 0 Å². The number of rotatable bonds is 9. The van der Waals surface area contributed by atoms with Gasteiger partial charge in [0.25, 0.3) is 0 Å². The largest absolute Gasteiger partial charge is 0.393 e. The van der Waals surface area contributed by atoms with Crippen LogP contribution in [0.25, 0.3) is 0 Å². The molecule has 9 heteroatoms. The predicted octanol–water partition coefficient (Wildman–Crippen LogP) is -0.597. The van der Waals surface area contributed by atoms with Crippen molar-refractivity contribution in [3.05, 3.63) is 0 Å². The summed E-state index contributed by atoms with van der Waals surface area (Å²) in [5.74, 6) is 0. The summed E-state index contributed by atoms with van der Waals surface area (Å²) < 4.78 is 5.81. The Hall–Kier alpha value is -0.550. The lowest BCUT2D eigenvalue weighted by molar-refractivity contribution is -0.137. The Labute approximate surface area is 166 Å². The maximum atomic E-state index is 10.5. The summed E-state index contributed by atoms with van der Waals surface area (Å²) in [5.41, 5.74) is 0. The van der Waals surface area contributed by atoms with Crippen molar-refractivity contribution in [1.82, 2.24) is 10.6 Å². The molecule has 0 saturated heterocycles. The number of thiocarbonyl (C=S) groups is 1. The standard InChI is InChI=1S/C18H36N2O6S/c1-3-11(21)9-14(23)12(20-18(27)19-4-2)10-26-15-8-6-5-7-13(22)16(24)17(15)25/h11-17,21-25H,3-10H2,1-2H3,(H2,19,20,27). The first-order chi connectivity index (χ1) is 12.8. The van der Waals surface area contributed by atoms with E-state index in [2.05, 4.69) is 10.6 Å². The third-order valence-corrected chi connectivity index (χ3v) is 5.22. The lowest BCUT2D eigenvalue weighted by atomic mass is 9.92. The molecule has 0 amide bonds. The van der Waals surface area contributed by atoms with Crippen LogP contribution in [-0.4, -0.2) is 86.5 Å². The maximum absolute atomic E-state index is 10.5. The lowest BCUT2D eigenvalue weighted by Gasteiger charge is -2.34. The maximum Gasteiger partial charge on any atom is 0.166 e. The molecule has 0 radical (unpaired) electrons. The van der Waals surface area contributed by atoms with Crippen LogP contribution in [0.2, 0.25) is 0 Å². The van der Waals surface area contributed by atoms with E-state index in [1.165, 1.54) is 0 Å². The lowest BCUT2D eigenvalue weighted by Crippen LogP contribution is -2.53. The fraction of sp³-hybridized carbons (Fsp3) is 0.944. The molecule has 160 valence electrons. The van der Waals surface area contributed by atoms with Gasteiger partial charge in [0.05, 0.1) is 37.1 Å². The Morgan fingerprint density at radius 3 is 2.41 bits per heavy atom. The molecule has 0 bridgehead atoms. The van der Waals surface area contributed by atoms with Gasteiger partial charge in [0.15, 0.2) is 5.11 Å². The number of aliphatic hydroxyl groups is 5. The first-order valence-electron chi connectivity index (χ1n) is 9.86. The molecule has 1 aliphatic carbocycles. The van der Waals surface area contributed by atoms with Crippen molar-refractivity contribution >= 4 is 17.3 Å². The monoisotopic (exact) mass is 408 g/mol. The molecule has 0 spiro atoms. The highest BCUT2D eigenvalue weighted by atomic mass is 32.1. The minimum atomic E-state index is -1.27. The second-order valence-corrected chi connectivity index (χ2v) is 7.59. The Morgan fingerprint density at radius 1 is 1.11 bits per heavy atom. The number of hydrogen-bond donors (Lipinski definition) is 7. The van der Waals surface area contributed by atoms with Gasteiger partial charge in [-0.2, -0.15) is 0 Å². The summed E-state index contributed by atoms with van der Waals surface area (Å²) in [6, 6.07) is -0.586. The normalized spacial score (nSPS) is 29.9. The second-order valence-electron chi connectivity index (χ2n) is 7.18. The number of ether oxygens (including phenoxy) is 1. The average Bonchev–Trinajstić information content (AvgIpc) is 2.64. The van der Waals surface area contributed by atoms with Crippen molar-refractivity contribution in [2.24, 2.45) is 0 Å². The van der Waals surface area contributed by atoms with E-state index in [-0.39, 0.29) is 13.0 Å². The Bertz CT molecular complexity index is 431. The van der Waals surface area contributed by atoms with Crippen molar-refractivity contribution in [3.8, 4) is 0 Å². The van der Waals surface area contributed by atoms with Crippen molar-refractivity contribution < 1.29 is 30.3 Å². The first-order valence-corrected chi connectivity index (χ1v) is 10.3. The zero-order valence-electron chi connectivity index (χ0n) is 16.3. The predicted molar refractivity (Wildman–Crippen MR) is 106 cm³/mol. The summed E-state index contributed by atoms with van der Waals surface area (Å²) in [5, 5.41) is 56.8.